The van der Waals surface area contributed by atoms with Crippen LogP contribution >= 0.6 is 0 Å². The fraction of sp³-hybridized carbons (Fsp3) is 0.520. The van der Waals surface area contributed by atoms with Crippen molar-refractivity contribution >= 4 is 23.3 Å². The number of amides is 1. The van der Waals surface area contributed by atoms with Crippen molar-refractivity contribution in [3.8, 4) is 5.75 Å². The number of aliphatic hydroxyl groups is 3. The molecule has 0 aliphatic heterocycles. The molecule has 1 aromatic rings. The summed E-state index contributed by atoms with van der Waals surface area (Å²) in [6.07, 6.45) is -0.768. The molecule has 2 unspecified atom stereocenters. The average Bonchev–Trinajstić information content (AvgIpc) is 2.75. The van der Waals surface area contributed by atoms with Crippen molar-refractivity contribution in [2.45, 2.75) is 50.9 Å². The number of ketones is 3. The number of carbonyl (C=O) groups excluding carboxylic acids is 4. The quantitative estimate of drug-likeness (QED) is 0.290. The summed E-state index contributed by atoms with van der Waals surface area (Å²) in [6, 6.07) is 0.639. The number of benzene rings is 1. The molecule has 10 heteroatoms. The number of fused-ring (bicyclic) bond motifs is 3. The van der Waals surface area contributed by atoms with Gasteiger partial charge in [0.05, 0.1) is 17.2 Å². The summed E-state index contributed by atoms with van der Waals surface area (Å²) in [7, 11) is 3.21. The molecule has 0 heterocycles. The highest BCUT2D eigenvalue weighted by Gasteiger charge is 2.66. The SMILES string of the molecule is CCc1cc(C(C)=O)c(O)c2c1C[C@H]1C[C@H]3[C@H](N(C)C)C(O)C(C(N)=O)C(=O)[C@@]3(O)C(O)=C1C2=O. The van der Waals surface area contributed by atoms with E-state index in [1.807, 2.05) is 6.92 Å². The van der Waals surface area contributed by atoms with Crippen molar-refractivity contribution in [1.29, 1.82) is 0 Å². The molecule has 1 fully saturated rings. The normalized spacial score (nSPS) is 32.3. The van der Waals surface area contributed by atoms with Crippen LogP contribution in [0.3, 0.4) is 0 Å². The van der Waals surface area contributed by atoms with E-state index in [2.05, 4.69) is 0 Å². The van der Waals surface area contributed by atoms with Gasteiger partial charge >= 0.3 is 0 Å². The van der Waals surface area contributed by atoms with Crippen LogP contribution in [0.25, 0.3) is 0 Å². The van der Waals surface area contributed by atoms with E-state index in [0.717, 1.165) is 0 Å². The van der Waals surface area contributed by atoms with E-state index in [4.69, 9.17) is 5.73 Å². The van der Waals surface area contributed by atoms with E-state index >= 15 is 0 Å². The standard InChI is InChI=1S/C25H30N2O8/c1-5-10-6-12(9(2)28)19(29)16-13(10)7-11-8-14-18(27(3)4)21(31)17(24(26)34)23(33)25(14,35)22(32)15(11)20(16)30/h6,11,14,17-18,21,29,31-32,35H,5,7-8H2,1-4H3,(H2,26,34)/t11-,14-,17?,18-,21?,25-/m0/s1. The predicted molar refractivity (Wildman–Crippen MR) is 123 cm³/mol. The molecule has 1 saturated carbocycles. The van der Waals surface area contributed by atoms with E-state index in [0.29, 0.717) is 17.5 Å². The van der Waals surface area contributed by atoms with Gasteiger partial charge in [-0.25, -0.2) is 0 Å². The number of phenolic OH excluding ortho intramolecular Hbond substituents is 1. The molecule has 6 N–H and O–H groups in total. The molecule has 35 heavy (non-hydrogen) atoms. The van der Waals surface area contributed by atoms with Crippen LogP contribution in [0.15, 0.2) is 17.4 Å². The summed E-state index contributed by atoms with van der Waals surface area (Å²) in [5.41, 5.74) is 3.60. The van der Waals surface area contributed by atoms with Crippen LogP contribution in [0.4, 0.5) is 0 Å². The summed E-state index contributed by atoms with van der Waals surface area (Å²) >= 11 is 0. The molecule has 1 amide bonds. The number of rotatable bonds is 4. The zero-order chi connectivity index (χ0) is 26.1. The number of carbonyl (C=O) groups is 4. The van der Waals surface area contributed by atoms with Crippen molar-refractivity contribution < 1.29 is 39.6 Å². The number of allylic oxidation sites excluding steroid dienone is 1. The van der Waals surface area contributed by atoms with Crippen LogP contribution in [0.1, 0.15) is 52.1 Å². The van der Waals surface area contributed by atoms with E-state index in [-0.39, 0.29) is 29.5 Å². The van der Waals surface area contributed by atoms with E-state index < -0.39 is 70.3 Å². The third-order valence-corrected chi connectivity index (χ3v) is 7.95. The third-order valence-electron chi connectivity index (χ3n) is 7.95. The lowest BCUT2D eigenvalue weighted by Gasteiger charge is -2.53. The van der Waals surface area contributed by atoms with Gasteiger partial charge in [-0.15, -0.1) is 0 Å². The van der Waals surface area contributed by atoms with Crippen LogP contribution < -0.4 is 5.73 Å². The minimum absolute atomic E-state index is 0.0294. The van der Waals surface area contributed by atoms with Gasteiger partial charge < -0.3 is 31.1 Å². The summed E-state index contributed by atoms with van der Waals surface area (Å²) in [5, 5.41) is 44.6. The summed E-state index contributed by atoms with van der Waals surface area (Å²) in [4.78, 5) is 52.7. The minimum atomic E-state index is -2.63. The fourth-order valence-electron chi connectivity index (χ4n) is 6.33. The molecule has 0 aromatic heterocycles. The Morgan fingerprint density at radius 2 is 1.86 bits per heavy atom. The molecule has 0 radical (unpaired) electrons. The number of nitrogens with zero attached hydrogens (tertiary/aromatic N) is 1. The van der Waals surface area contributed by atoms with Gasteiger partial charge in [0.25, 0.3) is 0 Å². The third kappa shape index (κ3) is 3.27. The Morgan fingerprint density at radius 3 is 2.37 bits per heavy atom. The summed E-state index contributed by atoms with van der Waals surface area (Å²) in [6.45, 7) is 3.12. The number of likely N-dealkylation sites (N-methyl/N-ethyl adjacent to an activating group) is 1. The van der Waals surface area contributed by atoms with Crippen molar-refractivity contribution in [3.05, 3.63) is 39.7 Å². The molecule has 6 atom stereocenters. The van der Waals surface area contributed by atoms with E-state index in [1.54, 1.807) is 25.1 Å². The molecular formula is C25H30N2O8. The maximum absolute atomic E-state index is 13.7. The van der Waals surface area contributed by atoms with Crippen molar-refractivity contribution in [2.24, 2.45) is 23.5 Å². The maximum Gasteiger partial charge on any atom is 0.230 e. The van der Waals surface area contributed by atoms with Gasteiger partial charge in [0, 0.05) is 17.5 Å². The lowest BCUT2D eigenvalue weighted by molar-refractivity contribution is -0.178. The minimum Gasteiger partial charge on any atom is -0.508 e. The second-order valence-electron chi connectivity index (χ2n) is 9.99. The Labute approximate surface area is 202 Å². The zero-order valence-corrected chi connectivity index (χ0v) is 20.0. The van der Waals surface area contributed by atoms with Gasteiger partial charge in [-0.1, -0.05) is 6.92 Å². The highest BCUT2D eigenvalue weighted by Crippen LogP contribution is 2.53. The Bertz CT molecular complexity index is 1200. The second-order valence-corrected chi connectivity index (χ2v) is 9.99. The first kappa shape index (κ1) is 25.0. The van der Waals surface area contributed by atoms with Crippen molar-refractivity contribution in [2.75, 3.05) is 14.1 Å². The van der Waals surface area contributed by atoms with Crippen LogP contribution in [0, 0.1) is 17.8 Å². The van der Waals surface area contributed by atoms with Crippen LogP contribution in [-0.2, 0) is 22.4 Å². The zero-order valence-electron chi connectivity index (χ0n) is 20.0. The number of Topliss-reactive ketones (excluding diaryl/α,β-unsaturated/α-hetero) is 3. The number of nitrogens with two attached hydrogens (primary N) is 1. The first-order valence-corrected chi connectivity index (χ1v) is 11.6. The Morgan fingerprint density at radius 1 is 1.23 bits per heavy atom. The molecule has 3 aliphatic rings. The largest absolute Gasteiger partial charge is 0.508 e. The lowest BCUT2D eigenvalue weighted by Crippen LogP contribution is -2.71. The van der Waals surface area contributed by atoms with Crippen molar-refractivity contribution in [1.82, 2.24) is 4.90 Å². The molecule has 3 aliphatic carbocycles. The average molecular weight is 487 g/mol. The predicted octanol–water partition coefficient (Wildman–Crippen LogP) is 0.0506. The van der Waals surface area contributed by atoms with Crippen LogP contribution in [0.5, 0.6) is 5.75 Å². The number of aliphatic hydroxyl groups excluding tert-OH is 2. The molecule has 0 spiro atoms. The molecule has 188 valence electrons. The van der Waals surface area contributed by atoms with E-state index in [9.17, 15) is 39.6 Å². The van der Waals surface area contributed by atoms with Gasteiger partial charge in [-0.2, -0.15) is 0 Å². The highest BCUT2D eigenvalue weighted by molar-refractivity contribution is 6.17. The molecule has 0 saturated heterocycles. The number of hydrogen-bond donors (Lipinski definition) is 5. The second kappa shape index (κ2) is 8.25. The Hall–Kier alpha value is -3.08. The summed E-state index contributed by atoms with van der Waals surface area (Å²) in [5.74, 6) is -8.40. The monoisotopic (exact) mass is 486 g/mol. The lowest BCUT2D eigenvalue weighted by atomic mass is 9.55. The number of primary amides is 1. The topological polar surface area (TPSA) is 178 Å². The van der Waals surface area contributed by atoms with Gasteiger partial charge in [0.2, 0.25) is 5.91 Å². The van der Waals surface area contributed by atoms with Crippen molar-refractivity contribution in [3.63, 3.8) is 0 Å². The van der Waals surface area contributed by atoms with E-state index in [1.165, 1.54) is 6.92 Å². The number of phenols is 1. The first-order valence-electron chi connectivity index (χ1n) is 11.6. The molecular weight excluding hydrogens is 456 g/mol. The Kier molecular flexibility index (Phi) is 5.90. The van der Waals surface area contributed by atoms with Gasteiger partial charge in [-0.05, 0) is 63.4 Å². The Balaban J connectivity index is 1.97. The molecule has 10 nitrogen and oxygen atoms in total. The number of aryl methyl sites for hydroxylation is 1. The maximum atomic E-state index is 13.7. The number of hydrogen-bond acceptors (Lipinski definition) is 9. The van der Waals surface area contributed by atoms with Gasteiger partial charge in [-0.3, -0.25) is 19.2 Å². The van der Waals surface area contributed by atoms with Crippen LogP contribution in [-0.4, -0.2) is 80.4 Å². The number of aromatic hydroxyl groups is 1. The van der Waals surface area contributed by atoms with Gasteiger partial charge in [0.1, 0.15) is 17.4 Å². The highest BCUT2D eigenvalue weighted by atomic mass is 16.3. The van der Waals surface area contributed by atoms with Crippen LogP contribution in [0.2, 0.25) is 0 Å². The summed E-state index contributed by atoms with van der Waals surface area (Å²) < 4.78 is 0. The molecule has 4 rings (SSSR count). The fourth-order valence-corrected chi connectivity index (χ4v) is 6.33. The first-order chi connectivity index (χ1) is 16.3. The van der Waals surface area contributed by atoms with Gasteiger partial charge in [0.15, 0.2) is 23.0 Å². The smallest absolute Gasteiger partial charge is 0.230 e. The molecule has 0 bridgehead atoms. The molecule has 1 aromatic carbocycles.